The van der Waals surface area contributed by atoms with Crippen molar-refractivity contribution in [3.63, 3.8) is 0 Å². The van der Waals surface area contributed by atoms with Crippen molar-refractivity contribution in [2.45, 2.75) is 18.4 Å². The fraction of sp³-hybridized carbons (Fsp3) is 0.588. The van der Waals surface area contributed by atoms with Gasteiger partial charge in [-0.05, 0) is 44.1 Å². The monoisotopic (exact) mass is 355 g/mol. The number of amides is 1. The molecular weight excluding hydrogens is 333 g/mol. The molecule has 1 aromatic rings. The summed E-state index contributed by atoms with van der Waals surface area (Å²) in [5.74, 6) is 0.498. The van der Waals surface area contributed by atoms with Crippen LogP contribution < -0.4 is 5.32 Å². The van der Waals surface area contributed by atoms with Crippen LogP contribution in [0, 0.1) is 5.92 Å². The minimum Gasteiger partial charge on any atom is -0.354 e. The van der Waals surface area contributed by atoms with Gasteiger partial charge in [-0.2, -0.15) is 0 Å². The van der Waals surface area contributed by atoms with E-state index >= 15 is 0 Å². The summed E-state index contributed by atoms with van der Waals surface area (Å²) in [4.78, 5) is 17.0. The van der Waals surface area contributed by atoms with Crippen LogP contribution in [0.3, 0.4) is 0 Å². The third-order valence-electron chi connectivity index (χ3n) is 4.99. The van der Waals surface area contributed by atoms with E-state index in [1.165, 1.54) is 0 Å². The normalized spacial score (nSPS) is 28.6. The molecule has 0 aromatic heterocycles. The van der Waals surface area contributed by atoms with E-state index in [9.17, 15) is 4.79 Å². The molecule has 6 heteroatoms. The number of carbonyl (C=O) groups excluding carboxylic acids is 1. The number of likely N-dealkylation sites (N-methyl/N-ethyl adjacent to an activating group) is 2. The van der Waals surface area contributed by atoms with Crippen LogP contribution in [0.2, 0.25) is 10.0 Å². The zero-order valence-electron chi connectivity index (χ0n) is 13.6. The molecule has 1 saturated heterocycles. The standard InChI is InChI=1S/C17H23Cl2N3O/c1-21-5-6-22(2)12(10-21)9-20-17(23)14-8-13(14)11-3-4-15(18)16(19)7-11/h3-4,7,12-14H,5-6,8-10H2,1-2H3,(H,20,23)/t12-,13+,14-/m1/s1. The number of nitrogens with one attached hydrogen (secondary N) is 1. The Balaban J connectivity index is 1.51. The van der Waals surface area contributed by atoms with Crippen molar-refractivity contribution in [3.8, 4) is 0 Å². The zero-order valence-corrected chi connectivity index (χ0v) is 15.1. The SMILES string of the molecule is CN1CCN(C)[C@H](CNC(=O)[C@@H]2C[C@H]2c2ccc(Cl)c(Cl)c2)C1. The first kappa shape index (κ1) is 17.0. The molecule has 1 heterocycles. The lowest BCUT2D eigenvalue weighted by atomic mass is 10.1. The highest BCUT2D eigenvalue weighted by Gasteiger charge is 2.44. The smallest absolute Gasteiger partial charge is 0.223 e. The van der Waals surface area contributed by atoms with Gasteiger partial charge >= 0.3 is 0 Å². The third-order valence-corrected chi connectivity index (χ3v) is 5.73. The first-order chi connectivity index (χ1) is 11.0. The van der Waals surface area contributed by atoms with Crippen molar-refractivity contribution in [2.24, 2.45) is 5.92 Å². The number of piperazine rings is 1. The number of hydrogen-bond acceptors (Lipinski definition) is 3. The second-order valence-corrected chi connectivity index (χ2v) is 7.58. The van der Waals surface area contributed by atoms with Crippen molar-refractivity contribution in [1.29, 1.82) is 0 Å². The number of rotatable bonds is 4. The first-order valence-corrected chi connectivity index (χ1v) is 8.82. The number of halogens is 2. The molecular formula is C17H23Cl2N3O. The Kier molecular flexibility index (Phi) is 5.16. The number of hydrogen-bond donors (Lipinski definition) is 1. The van der Waals surface area contributed by atoms with E-state index in [2.05, 4.69) is 29.2 Å². The Bertz CT molecular complexity index is 595. The highest BCUT2D eigenvalue weighted by Crippen LogP contribution is 2.48. The quantitative estimate of drug-likeness (QED) is 0.900. The van der Waals surface area contributed by atoms with Gasteiger partial charge in [0.2, 0.25) is 5.91 Å². The average Bonchev–Trinajstić information content (AvgIpc) is 3.31. The average molecular weight is 356 g/mol. The summed E-state index contributed by atoms with van der Waals surface area (Å²) in [6.07, 6.45) is 0.893. The molecule has 0 radical (unpaired) electrons. The molecule has 126 valence electrons. The Hall–Kier alpha value is -0.810. The van der Waals surface area contributed by atoms with E-state index in [0.717, 1.165) is 31.6 Å². The van der Waals surface area contributed by atoms with Gasteiger partial charge in [-0.15, -0.1) is 0 Å². The van der Waals surface area contributed by atoms with E-state index in [-0.39, 0.29) is 17.7 Å². The minimum atomic E-state index is 0.0684. The molecule has 1 amide bonds. The van der Waals surface area contributed by atoms with Gasteiger partial charge in [0.25, 0.3) is 0 Å². The van der Waals surface area contributed by atoms with Crippen molar-refractivity contribution in [3.05, 3.63) is 33.8 Å². The van der Waals surface area contributed by atoms with Gasteiger partial charge in [-0.1, -0.05) is 29.3 Å². The summed E-state index contributed by atoms with van der Waals surface area (Å²) >= 11 is 12.0. The molecule has 1 aliphatic carbocycles. The van der Waals surface area contributed by atoms with Crippen LogP contribution in [0.25, 0.3) is 0 Å². The van der Waals surface area contributed by atoms with Gasteiger partial charge in [0.05, 0.1) is 10.0 Å². The van der Waals surface area contributed by atoms with Gasteiger partial charge in [0.1, 0.15) is 0 Å². The topological polar surface area (TPSA) is 35.6 Å². The molecule has 4 nitrogen and oxygen atoms in total. The molecule has 1 aromatic carbocycles. The molecule has 3 atom stereocenters. The predicted octanol–water partition coefficient (Wildman–Crippen LogP) is 2.46. The van der Waals surface area contributed by atoms with Crippen molar-refractivity contribution in [1.82, 2.24) is 15.1 Å². The summed E-state index contributed by atoms with van der Waals surface area (Å²) in [5, 5.41) is 4.24. The second kappa shape index (κ2) is 6.98. The van der Waals surface area contributed by atoms with Crippen LogP contribution in [0.15, 0.2) is 18.2 Å². The zero-order chi connectivity index (χ0) is 16.6. The molecule has 23 heavy (non-hydrogen) atoms. The first-order valence-electron chi connectivity index (χ1n) is 8.07. The molecule has 2 aliphatic rings. The van der Waals surface area contributed by atoms with E-state index < -0.39 is 0 Å². The lowest BCUT2D eigenvalue weighted by Gasteiger charge is -2.37. The summed E-state index contributed by atoms with van der Waals surface area (Å²) in [5.41, 5.74) is 1.11. The molecule has 2 fully saturated rings. The molecule has 1 aliphatic heterocycles. The van der Waals surface area contributed by atoms with Gasteiger partial charge in [0, 0.05) is 38.1 Å². The van der Waals surface area contributed by atoms with Crippen LogP contribution in [-0.4, -0.2) is 62.0 Å². The number of carbonyl (C=O) groups is 1. The Morgan fingerprint density at radius 1 is 1.26 bits per heavy atom. The largest absolute Gasteiger partial charge is 0.354 e. The maximum Gasteiger partial charge on any atom is 0.223 e. The Morgan fingerprint density at radius 2 is 2.04 bits per heavy atom. The predicted molar refractivity (Wildman–Crippen MR) is 94.2 cm³/mol. The lowest BCUT2D eigenvalue weighted by molar-refractivity contribution is -0.122. The molecule has 0 spiro atoms. The minimum absolute atomic E-state index is 0.0684. The summed E-state index contributed by atoms with van der Waals surface area (Å²) < 4.78 is 0. The van der Waals surface area contributed by atoms with Crippen molar-refractivity contribution >= 4 is 29.1 Å². The lowest BCUT2D eigenvalue weighted by Crippen LogP contribution is -2.54. The maximum atomic E-state index is 12.4. The molecule has 0 unspecified atom stereocenters. The number of benzene rings is 1. The van der Waals surface area contributed by atoms with E-state index in [1.807, 2.05) is 12.1 Å². The van der Waals surface area contributed by atoms with E-state index in [0.29, 0.717) is 22.6 Å². The van der Waals surface area contributed by atoms with Crippen LogP contribution in [0.1, 0.15) is 17.9 Å². The van der Waals surface area contributed by atoms with Crippen LogP contribution in [-0.2, 0) is 4.79 Å². The van der Waals surface area contributed by atoms with Gasteiger partial charge in [-0.25, -0.2) is 0 Å². The molecule has 0 bridgehead atoms. The highest BCUT2D eigenvalue weighted by atomic mass is 35.5. The Labute approximate surface area is 147 Å². The molecule has 1 N–H and O–H groups in total. The summed E-state index contributed by atoms with van der Waals surface area (Å²) in [6.45, 7) is 3.84. The third kappa shape index (κ3) is 4.00. The maximum absolute atomic E-state index is 12.4. The molecule has 3 rings (SSSR count). The van der Waals surface area contributed by atoms with Crippen LogP contribution in [0.4, 0.5) is 0 Å². The van der Waals surface area contributed by atoms with E-state index in [4.69, 9.17) is 23.2 Å². The van der Waals surface area contributed by atoms with Crippen LogP contribution in [0.5, 0.6) is 0 Å². The van der Waals surface area contributed by atoms with E-state index in [1.54, 1.807) is 6.07 Å². The van der Waals surface area contributed by atoms with Gasteiger partial charge in [-0.3, -0.25) is 9.69 Å². The van der Waals surface area contributed by atoms with Crippen LogP contribution >= 0.6 is 23.2 Å². The second-order valence-electron chi connectivity index (χ2n) is 6.76. The Morgan fingerprint density at radius 3 is 2.78 bits per heavy atom. The van der Waals surface area contributed by atoms with Crippen molar-refractivity contribution in [2.75, 3.05) is 40.3 Å². The summed E-state index contributed by atoms with van der Waals surface area (Å²) in [7, 11) is 4.25. The number of nitrogens with zero attached hydrogens (tertiary/aromatic N) is 2. The van der Waals surface area contributed by atoms with Crippen molar-refractivity contribution < 1.29 is 4.79 Å². The molecule has 1 saturated carbocycles. The fourth-order valence-corrected chi connectivity index (χ4v) is 3.57. The van der Waals surface area contributed by atoms with Gasteiger partial charge < -0.3 is 10.2 Å². The van der Waals surface area contributed by atoms with Gasteiger partial charge in [0.15, 0.2) is 0 Å². The highest BCUT2D eigenvalue weighted by molar-refractivity contribution is 6.42. The fourth-order valence-electron chi connectivity index (χ4n) is 3.27. The summed E-state index contributed by atoms with van der Waals surface area (Å²) in [6, 6.07) is 6.04.